The highest BCUT2D eigenvalue weighted by atomic mass is 16.4. The first-order valence-electron chi connectivity index (χ1n) is 13.1. The number of amides is 3. The fraction of sp³-hybridized carbons (Fsp3) is 0.379. The van der Waals surface area contributed by atoms with Gasteiger partial charge in [-0.15, -0.1) is 0 Å². The zero-order chi connectivity index (χ0) is 29.4. The van der Waals surface area contributed by atoms with Crippen LogP contribution in [0.4, 0.5) is 0 Å². The molecule has 3 aromatic rings. The van der Waals surface area contributed by atoms with Crippen LogP contribution in [0.15, 0.2) is 60.8 Å². The summed E-state index contributed by atoms with van der Waals surface area (Å²) in [6.07, 6.45) is 0.775. The van der Waals surface area contributed by atoms with E-state index >= 15 is 0 Å². The van der Waals surface area contributed by atoms with Crippen molar-refractivity contribution in [3.05, 3.63) is 71.9 Å². The number of para-hydroxylation sites is 1. The number of hydrogen-bond donors (Lipinski definition) is 7. The van der Waals surface area contributed by atoms with Gasteiger partial charge in [0.1, 0.15) is 12.1 Å². The molecule has 1 aromatic heterocycles. The average molecular weight is 552 g/mol. The molecular weight excluding hydrogens is 514 g/mol. The van der Waals surface area contributed by atoms with Gasteiger partial charge in [-0.05, 0) is 36.5 Å². The zero-order valence-corrected chi connectivity index (χ0v) is 22.8. The number of nitrogens with two attached hydrogens (primary N) is 1. The first-order valence-corrected chi connectivity index (χ1v) is 13.1. The van der Waals surface area contributed by atoms with E-state index in [-0.39, 0.29) is 12.8 Å². The van der Waals surface area contributed by atoms with Crippen molar-refractivity contribution >= 4 is 34.6 Å². The SMILES string of the molecule is CC(C)C(NC(=O)C(Cc1c[nH]c2ccccc12)NC(=O)C(N)Cc1ccccc1)C(=O)NC(C(=O)O)C(C)O. The highest BCUT2D eigenvalue weighted by Gasteiger charge is 2.33. The lowest BCUT2D eigenvalue weighted by molar-refractivity contribution is -0.145. The fourth-order valence-electron chi connectivity index (χ4n) is 4.39. The number of aromatic nitrogens is 1. The Morgan fingerprint density at radius 3 is 2.08 bits per heavy atom. The summed E-state index contributed by atoms with van der Waals surface area (Å²) >= 11 is 0. The lowest BCUT2D eigenvalue weighted by atomic mass is 9.99. The molecule has 2 aromatic carbocycles. The highest BCUT2D eigenvalue weighted by molar-refractivity contribution is 5.95. The van der Waals surface area contributed by atoms with E-state index in [1.54, 1.807) is 20.0 Å². The van der Waals surface area contributed by atoms with Crippen LogP contribution in [0.1, 0.15) is 31.9 Å². The Bertz CT molecular complexity index is 1320. The number of aromatic amines is 1. The van der Waals surface area contributed by atoms with E-state index in [2.05, 4.69) is 20.9 Å². The van der Waals surface area contributed by atoms with E-state index in [1.165, 1.54) is 6.92 Å². The second-order valence-electron chi connectivity index (χ2n) is 10.2. The summed E-state index contributed by atoms with van der Waals surface area (Å²) in [5.74, 6) is -3.78. The molecule has 11 nitrogen and oxygen atoms in total. The van der Waals surface area contributed by atoms with Crippen molar-refractivity contribution in [3.8, 4) is 0 Å². The summed E-state index contributed by atoms with van der Waals surface area (Å²) < 4.78 is 0. The number of fused-ring (bicyclic) bond motifs is 1. The monoisotopic (exact) mass is 551 g/mol. The molecule has 0 bridgehead atoms. The summed E-state index contributed by atoms with van der Waals surface area (Å²) in [5.41, 5.74) is 8.68. The molecule has 0 saturated carbocycles. The quantitative estimate of drug-likeness (QED) is 0.164. The Labute approximate surface area is 232 Å². The van der Waals surface area contributed by atoms with Gasteiger partial charge < -0.3 is 36.9 Å². The average Bonchev–Trinajstić information content (AvgIpc) is 3.32. The smallest absolute Gasteiger partial charge is 0.328 e. The third-order valence-corrected chi connectivity index (χ3v) is 6.66. The number of aliphatic hydroxyl groups is 1. The zero-order valence-electron chi connectivity index (χ0n) is 22.8. The molecule has 0 spiro atoms. The maximum atomic E-state index is 13.6. The van der Waals surface area contributed by atoms with Crippen LogP contribution in [-0.2, 0) is 32.0 Å². The molecule has 0 fully saturated rings. The number of aliphatic carboxylic acids is 1. The van der Waals surface area contributed by atoms with E-state index in [9.17, 15) is 29.4 Å². The molecule has 214 valence electrons. The predicted molar refractivity (Wildman–Crippen MR) is 150 cm³/mol. The van der Waals surface area contributed by atoms with E-state index in [0.717, 1.165) is 22.0 Å². The summed E-state index contributed by atoms with van der Waals surface area (Å²) in [6, 6.07) is 12.1. The molecule has 0 aliphatic carbocycles. The van der Waals surface area contributed by atoms with Crippen molar-refractivity contribution < 1.29 is 29.4 Å². The Morgan fingerprint density at radius 1 is 0.825 bits per heavy atom. The Hall–Kier alpha value is -4.22. The number of nitrogens with one attached hydrogen (secondary N) is 4. The van der Waals surface area contributed by atoms with Gasteiger partial charge in [0.15, 0.2) is 6.04 Å². The lowest BCUT2D eigenvalue weighted by Crippen LogP contribution is -2.60. The number of hydrogen-bond acceptors (Lipinski definition) is 6. The van der Waals surface area contributed by atoms with Crippen molar-refractivity contribution in [3.63, 3.8) is 0 Å². The molecule has 40 heavy (non-hydrogen) atoms. The van der Waals surface area contributed by atoms with Gasteiger partial charge in [-0.2, -0.15) is 0 Å². The Balaban J connectivity index is 1.82. The van der Waals surface area contributed by atoms with Crippen molar-refractivity contribution in [2.24, 2.45) is 11.7 Å². The fourth-order valence-corrected chi connectivity index (χ4v) is 4.39. The van der Waals surface area contributed by atoms with Crippen LogP contribution in [0.25, 0.3) is 10.9 Å². The molecule has 0 saturated heterocycles. The van der Waals surface area contributed by atoms with Crippen molar-refractivity contribution in [1.82, 2.24) is 20.9 Å². The summed E-state index contributed by atoms with van der Waals surface area (Å²) in [5, 5.41) is 27.7. The van der Waals surface area contributed by atoms with Crippen LogP contribution in [0, 0.1) is 5.92 Å². The maximum absolute atomic E-state index is 13.6. The topological polar surface area (TPSA) is 187 Å². The molecule has 1 heterocycles. The molecule has 11 heteroatoms. The van der Waals surface area contributed by atoms with Gasteiger partial charge in [0.05, 0.1) is 12.1 Å². The molecule has 3 amide bonds. The van der Waals surface area contributed by atoms with Crippen LogP contribution in [-0.4, -0.2) is 69.2 Å². The largest absolute Gasteiger partial charge is 0.480 e. The molecule has 0 aliphatic rings. The number of aliphatic hydroxyl groups excluding tert-OH is 1. The Morgan fingerprint density at radius 2 is 1.45 bits per heavy atom. The molecule has 3 rings (SSSR count). The van der Waals surface area contributed by atoms with Crippen LogP contribution in [0.3, 0.4) is 0 Å². The molecule has 5 atom stereocenters. The molecule has 5 unspecified atom stereocenters. The number of carboxylic acids is 1. The van der Waals surface area contributed by atoms with Crippen molar-refractivity contribution in [1.29, 1.82) is 0 Å². The van der Waals surface area contributed by atoms with E-state index in [0.29, 0.717) is 0 Å². The van der Waals surface area contributed by atoms with Gasteiger partial charge in [0.2, 0.25) is 17.7 Å². The second-order valence-corrected chi connectivity index (χ2v) is 10.2. The minimum absolute atomic E-state index is 0.109. The number of carbonyl (C=O) groups excluding carboxylic acids is 3. The first-order chi connectivity index (χ1) is 19.0. The molecule has 0 radical (unpaired) electrons. The molecule has 0 aliphatic heterocycles. The molecule has 8 N–H and O–H groups in total. The van der Waals surface area contributed by atoms with Crippen molar-refractivity contribution in [2.75, 3.05) is 0 Å². The third kappa shape index (κ3) is 7.90. The predicted octanol–water partition coefficient (Wildman–Crippen LogP) is 0.856. The Kier molecular flexibility index (Phi) is 10.4. The van der Waals surface area contributed by atoms with Gasteiger partial charge in [-0.3, -0.25) is 14.4 Å². The van der Waals surface area contributed by atoms with E-state index in [1.807, 2.05) is 54.6 Å². The minimum atomic E-state index is -1.55. The van der Waals surface area contributed by atoms with Crippen molar-refractivity contribution in [2.45, 2.75) is 63.9 Å². The van der Waals surface area contributed by atoms with E-state index in [4.69, 9.17) is 5.73 Å². The number of carboxylic acid groups (broad SMARTS) is 1. The highest BCUT2D eigenvalue weighted by Crippen LogP contribution is 2.19. The summed E-state index contributed by atoms with van der Waals surface area (Å²) in [6.45, 7) is 4.62. The number of rotatable bonds is 13. The first kappa shape index (κ1) is 30.3. The number of benzene rings is 2. The third-order valence-electron chi connectivity index (χ3n) is 6.66. The number of H-pyrrole nitrogens is 1. The van der Waals surface area contributed by atoms with Gasteiger partial charge in [-0.1, -0.05) is 62.4 Å². The van der Waals surface area contributed by atoms with Crippen LogP contribution in [0.2, 0.25) is 0 Å². The van der Waals surface area contributed by atoms with Gasteiger partial charge in [0.25, 0.3) is 0 Å². The number of carbonyl (C=O) groups is 4. The van der Waals surface area contributed by atoms with Crippen LogP contribution < -0.4 is 21.7 Å². The summed E-state index contributed by atoms with van der Waals surface area (Å²) in [7, 11) is 0. The van der Waals surface area contributed by atoms with Gasteiger partial charge in [-0.25, -0.2) is 4.79 Å². The van der Waals surface area contributed by atoms with Crippen LogP contribution >= 0.6 is 0 Å². The van der Waals surface area contributed by atoms with Gasteiger partial charge >= 0.3 is 5.97 Å². The minimum Gasteiger partial charge on any atom is -0.480 e. The summed E-state index contributed by atoms with van der Waals surface area (Å²) in [4.78, 5) is 54.3. The lowest BCUT2D eigenvalue weighted by Gasteiger charge is -2.27. The maximum Gasteiger partial charge on any atom is 0.328 e. The molecular formula is C29H37N5O6. The standard InChI is InChI=1S/C29H37N5O6/c1-16(2)24(28(38)34-25(17(3)35)29(39)40)33-27(37)23(14-19-15-31-22-12-8-7-11-20(19)22)32-26(36)21(30)13-18-9-5-4-6-10-18/h4-12,15-17,21,23-25,31,35H,13-14,30H2,1-3H3,(H,32,36)(H,33,37)(H,34,38)(H,39,40). The van der Waals surface area contributed by atoms with Crippen LogP contribution in [0.5, 0.6) is 0 Å². The normalized spacial score (nSPS) is 15.1. The second kappa shape index (κ2) is 13.7. The van der Waals surface area contributed by atoms with Gasteiger partial charge in [0, 0.05) is 23.5 Å². The van der Waals surface area contributed by atoms with E-state index < -0.39 is 59.9 Å².